The van der Waals surface area contributed by atoms with Crippen LogP contribution in [-0.4, -0.2) is 40.6 Å². The number of aliphatic hydroxyl groups excluding tert-OH is 1. The molecule has 1 aromatic heterocycles. The second-order valence-electron chi connectivity index (χ2n) is 8.84. The van der Waals surface area contributed by atoms with Gasteiger partial charge in [-0.1, -0.05) is 32.0 Å². The van der Waals surface area contributed by atoms with E-state index < -0.39 is 18.2 Å². The zero-order chi connectivity index (χ0) is 25.4. The summed E-state index contributed by atoms with van der Waals surface area (Å²) in [5, 5.41) is 13.9. The van der Waals surface area contributed by atoms with Gasteiger partial charge in [-0.15, -0.1) is 0 Å². The number of fused-ring (bicyclic) bond motifs is 1. The Morgan fingerprint density at radius 2 is 1.91 bits per heavy atom. The van der Waals surface area contributed by atoms with E-state index in [-0.39, 0.29) is 23.7 Å². The highest BCUT2D eigenvalue weighted by Gasteiger charge is 2.29. The number of aliphatic hydroxyl groups is 1. The monoisotopic (exact) mass is 482 g/mol. The Kier molecular flexibility index (Phi) is 9.04. The quantitative estimate of drug-likeness (QED) is 0.149. The lowest BCUT2D eigenvalue weighted by molar-refractivity contribution is -0.124. The molecule has 0 fully saturated rings. The minimum atomic E-state index is -1.15. The number of ether oxygens (including phenoxy) is 1. The van der Waals surface area contributed by atoms with Crippen LogP contribution in [0.3, 0.4) is 0 Å². The average Bonchev–Trinajstić information content (AvgIpc) is 3.24. The van der Waals surface area contributed by atoms with Crippen LogP contribution in [0.25, 0.3) is 11.1 Å². The first kappa shape index (κ1) is 26.0. The van der Waals surface area contributed by atoms with Gasteiger partial charge in [0.1, 0.15) is 17.0 Å². The summed E-state index contributed by atoms with van der Waals surface area (Å²) in [4.78, 5) is 21.0. The molecular formula is C25H34N6O4. The van der Waals surface area contributed by atoms with Gasteiger partial charge in [-0.3, -0.25) is 9.79 Å². The molecule has 0 radical (unpaired) electrons. The van der Waals surface area contributed by atoms with Gasteiger partial charge >= 0.3 is 0 Å². The molecule has 1 heterocycles. The highest BCUT2D eigenvalue weighted by molar-refractivity contribution is 5.82. The van der Waals surface area contributed by atoms with Crippen molar-refractivity contribution in [1.29, 1.82) is 0 Å². The number of guanidine groups is 1. The molecule has 10 nitrogen and oxygen atoms in total. The minimum absolute atomic E-state index is 0.000210. The van der Waals surface area contributed by atoms with E-state index in [2.05, 4.69) is 15.3 Å². The molecule has 0 aliphatic heterocycles. The van der Waals surface area contributed by atoms with Gasteiger partial charge in [0, 0.05) is 12.6 Å². The van der Waals surface area contributed by atoms with Crippen molar-refractivity contribution < 1.29 is 19.1 Å². The number of amides is 1. The number of carbonyl (C=O) groups is 1. The molecule has 0 saturated heterocycles. The maximum absolute atomic E-state index is 12.7. The zero-order valence-corrected chi connectivity index (χ0v) is 20.1. The summed E-state index contributed by atoms with van der Waals surface area (Å²) in [7, 11) is 0. The van der Waals surface area contributed by atoms with Crippen LogP contribution in [0.5, 0.6) is 11.5 Å². The fourth-order valence-corrected chi connectivity index (χ4v) is 3.63. The summed E-state index contributed by atoms with van der Waals surface area (Å²) in [5.74, 6) is 1.24. The number of rotatable bonds is 12. The standard InChI is InChI=1S/C25H34N6O4/c1-15(2)13-20(30-23(33)18(26)9-6-12-29-25(27)28)22(32)24-31-19-14-17(10-11-21(19)35-24)34-16-7-4-3-5-8-16/h3-5,7-8,10-11,14-15,18,20,22,32H,6,9,12-13,26H2,1-2H3,(H,30,33)(H4,27,28,29)/t18-,20-,22?/m1/s1. The molecule has 0 aliphatic carbocycles. The van der Waals surface area contributed by atoms with Gasteiger partial charge in [-0.05, 0) is 49.4 Å². The van der Waals surface area contributed by atoms with Crippen molar-refractivity contribution in [2.45, 2.75) is 51.3 Å². The third kappa shape index (κ3) is 7.69. The fourth-order valence-electron chi connectivity index (χ4n) is 3.63. The van der Waals surface area contributed by atoms with E-state index in [4.69, 9.17) is 26.4 Å². The summed E-state index contributed by atoms with van der Waals surface area (Å²) >= 11 is 0. The highest BCUT2D eigenvalue weighted by Crippen LogP contribution is 2.29. The molecular weight excluding hydrogens is 448 g/mol. The van der Waals surface area contributed by atoms with Crippen molar-refractivity contribution in [3.63, 3.8) is 0 Å². The minimum Gasteiger partial charge on any atom is -0.457 e. The molecule has 1 unspecified atom stereocenters. The van der Waals surface area contributed by atoms with E-state index in [0.29, 0.717) is 48.4 Å². The van der Waals surface area contributed by atoms with Crippen LogP contribution < -0.4 is 27.3 Å². The number of carbonyl (C=O) groups excluding carboxylic acids is 1. The first-order valence-corrected chi connectivity index (χ1v) is 11.7. The van der Waals surface area contributed by atoms with Crippen molar-refractivity contribution in [3.8, 4) is 11.5 Å². The predicted molar refractivity (Wildman–Crippen MR) is 135 cm³/mol. The van der Waals surface area contributed by atoms with Crippen molar-refractivity contribution in [1.82, 2.24) is 10.3 Å². The molecule has 0 aliphatic rings. The molecule has 3 rings (SSSR count). The number of nitrogens with two attached hydrogens (primary N) is 3. The van der Waals surface area contributed by atoms with Crippen LogP contribution in [0.4, 0.5) is 0 Å². The number of para-hydroxylation sites is 1. The van der Waals surface area contributed by atoms with Gasteiger partial charge in [0.2, 0.25) is 11.8 Å². The number of hydrogen-bond donors (Lipinski definition) is 5. The SMILES string of the molecule is CC(C)C[C@@H](NC(=O)[C@H](N)CCCN=C(N)N)C(O)c1nc2cc(Oc3ccccc3)ccc2o1. The van der Waals surface area contributed by atoms with Crippen LogP contribution in [-0.2, 0) is 4.79 Å². The van der Waals surface area contributed by atoms with Crippen LogP contribution >= 0.6 is 0 Å². The molecule has 35 heavy (non-hydrogen) atoms. The Morgan fingerprint density at radius 1 is 1.17 bits per heavy atom. The molecule has 0 bridgehead atoms. The second-order valence-corrected chi connectivity index (χ2v) is 8.84. The van der Waals surface area contributed by atoms with Crippen molar-refractivity contribution in [2.24, 2.45) is 28.1 Å². The number of nitrogens with one attached hydrogen (secondary N) is 1. The van der Waals surface area contributed by atoms with E-state index in [1.54, 1.807) is 18.2 Å². The maximum atomic E-state index is 12.7. The van der Waals surface area contributed by atoms with Crippen molar-refractivity contribution >= 4 is 23.0 Å². The van der Waals surface area contributed by atoms with Gasteiger partial charge in [-0.25, -0.2) is 4.98 Å². The van der Waals surface area contributed by atoms with E-state index >= 15 is 0 Å². The fraction of sp³-hybridized carbons (Fsp3) is 0.400. The molecule has 8 N–H and O–H groups in total. The van der Waals surface area contributed by atoms with Crippen LogP contribution in [0, 0.1) is 5.92 Å². The zero-order valence-electron chi connectivity index (χ0n) is 20.1. The van der Waals surface area contributed by atoms with Crippen LogP contribution in [0.2, 0.25) is 0 Å². The smallest absolute Gasteiger partial charge is 0.237 e. The van der Waals surface area contributed by atoms with Crippen LogP contribution in [0.15, 0.2) is 57.9 Å². The number of aromatic nitrogens is 1. The third-order valence-electron chi connectivity index (χ3n) is 5.35. The summed E-state index contributed by atoms with van der Waals surface area (Å²) in [6.45, 7) is 4.39. The average molecular weight is 483 g/mol. The number of hydrogen-bond acceptors (Lipinski definition) is 7. The Bertz CT molecular complexity index is 1130. The van der Waals surface area contributed by atoms with Gasteiger partial charge in [0.25, 0.3) is 0 Å². The Morgan fingerprint density at radius 3 is 2.60 bits per heavy atom. The molecule has 3 aromatic rings. The first-order chi connectivity index (χ1) is 16.7. The lowest BCUT2D eigenvalue weighted by Crippen LogP contribution is -2.48. The molecule has 2 aromatic carbocycles. The Labute approximate surface area is 204 Å². The van der Waals surface area contributed by atoms with E-state index in [1.165, 1.54) is 0 Å². The first-order valence-electron chi connectivity index (χ1n) is 11.7. The summed E-state index contributed by atoms with van der Waals surface area (Å²) in [6, 6.07) is 13.3. The topological polar surface area (TPSA) is 175 Å². The third-order valence-corrected chi connectivity index (χ3v) is 5.35. The lowest BCUT2D eigenvalue weighted by Gasteiger charge is -2.25. The van der Waals surface area contributed by atoms with E-state index in [1.807, 2.05) is 44.2 Å². The largest absolute Gasteiger partial charge is 0.457 e. The normalized spacial score (nSPS) is 13.9. The molecule has 0 spiro atoms. The highest BCUT2D eigenvalue weighted by atomic mass is 16.5. The van der Waals surface area contributed by atoms with Crippen molar-refractivity contribution in [2.75, 3.05) is 6.54 Å². The summed E-state index contributed by atoms with van der Waals surface area (Å²) in [5.41, 5.74) is 17.7. The Balaban J connectivity index is 1.70. The van der Waals surface area contributed by atoms with E-state index in [9.17, 15) is 9.90 Å². The molecule has 188 valence electrons. The molecule has 1 amide bonds. The number of oxazole rings is 1. The summed E-state index contributed by atoms with van der Waals surface area (Å²) < 4.78 is 11.7. The van der Waals surface area contributed by atoms with Crippen molar-refractivity contribution in [3.05, 3.63) is 54.4 Å². The Hall–Kier alpha value is -3.63. The number of nitrogens with zero attached hydrogens (tertiary/aromatic N) is 2. The predicted octanol–water partition coefficient (Wildman–Crippen LogP) is 2.57. The molecule has 0 saturated carbocycles. The van der Waals surface area contributed by atoms with Crippen LogP contribution in [0.1, 0.15) is 45.1 Å². The molecule has 10 heteroatoms. The lowest BCUT2D eigenvalue weighted by atomic mass is 9.98. The van der Waals surface area contributed by atoms with Gasteiger partial charge in [0.05, 0.1) is 12.1 Å². The number of aliphatic imine (C=N–C) groups is 1. The van der Waals surface area contributed by atoms with Gasteiger partial charge in [-0.2, -0.15) is 0 Å². The number of benzene rings is 2. The summed E-state index contributed by atoms with van der Waals surface area (Å²) in [6.07, 6.45) is 0.318. The second kappa shape index (κ2) is 12.2. The maximum Gasteiger partial charge on any atom is 0.237 e. The van der Waals surface area contributed by atoms with E-state index in [0.717, 1.165) is 0 Å². The van der Waals surface area contributed by atoms with Gasteiger partial charge in [0.15, 0.2) is 17.6 Å². The molecule has 3 atom stereocenters. The van der Waals surface area contributed by atoms with Gasteiger partial charge < -0.3 is 36.8 Å².